The van der Waals surface area contributed by atoms with Gasteiger partial charge in [-0.2, -0.15) is 0 Å². The number of sulfonamides is 2. The van der Waals surface area contributed by atoms with Crippen molar-refractivity contribution in [2.75, 3.05) is 33.9 Å². The molecule has 0 radical (unpaired) electrons. The van der Waals surface area contributed by atoms with E-state index in [1.54, 1.807) is 38.1 Å². The molecule has 0 bridgehead atoms. The van der Waals surface area contributed by atoms with Crippen LogP contribution in [-0.2, 0) is 65.4 Å². The van der Waals surface area contributed by atoms with Gasteiger partial charge in [0, 0.05) is 144 Å². The van der Waals surface area contributed by atoms with E-state index in [4.69, 9.17) is 11.6 Å². The molecule has 0 fully saturated rings. The van der Waals surface area contributed by atoms with E-state index in [1.165, 1.54) is 53.3 Å². The van der Waals surface area contributed by atoms with Crippen LogP contribution < -0.4 is 45.0 Å². The summed E-state index contributed by atoms with van der Waals surface area (Å²) < 4.78 is 174. The molecule has 4 aliphatic carbocycles. The Morgan fingerprint density at radius 2 is 0.620 bits per heavy atom. The van der Waals surface area contributed by atoms with E-state index in [0.29, 0.717) is 157 Å². The van der Waals surface area contributed by atoms with Gasteiger partial charge in [-0.05, 0) is 190 Å². The predicted molar refractivity (Wildman–Crippen MR) is 518 cm³/mol. The first kappa shape index (κ1) is 102. The highest BCUT2D eigenvalue weighted by molar-refractivity contribution is 7.92. The lowest BCUT2D eigenvalue weighted by atomic mass is 9.82. The summed E-state index contributed by atoms with van der Waals surface area (Å²) in [5, 5.41) is -0.254. The Balaban J connectivity index is 0.000000154. The molecule has 0 saturated carbocycles. The highest BCUT2D eigenvalue weighted by Gasteiger charge is 2.33. The summed E-state index contributed by atoms with van der Waals surface area (Å²) in [6, 6.07) is 50.2. The van der Waals surface area contributed by atoms with Crippen LogP contribution in [0.15, 0.2) is 264 Å². The number of halogens is 6. The molecule has 4 unspecified atom stereocenters. The van der Waals surface area contributed by atoms with Crippen LogP contribution in [0.4, 0.5) is 22.0 Å². The zero-order valence-electron chi connectivity index (χ0n) is 75.9. The van der Waals surface area contributed by atoms with Crippen LogP contribution in [0.25, 0.3) is 22.3 Å². The molecule has 718 valence electrons. The molecule has 0 aliphatic heterocycles. The number of aromatic amines is 8. The number of nitrogens with zero attached hydrogens (tertiary/aromatic N) is 2. The fraction of sp³-hybridized carbons (Fsp3) is 0.287. The Labute approximate surface area is 791 Å². The normalized spacial score (nSPS) is 16.4. The van der Waals surface area contributed by atoms with Crippen molar-refractivity contribution >= 4 is 73.6 Å². The van der Waals surface area contributed by atoms with Gasteiger partial charge in [0.15, 0.2) is 19.7 Å². The van der Waals surface area contributed by atoms with E-state index >= 15 is 0 Å². The number of H-pyrrole nitrogens is 8. The fourth-order valence-corrected chi connectivity index (χ4v) is 21.7. The van der Waals surface area contributed by atoms with Crippen LogP contribution >= 0.6 is 11.6 Å². The van der Waals surface area contributed by atoms with Crippen molar-refractivity contribution < 1.29 is 55.6 Å². The van der Waals surface area contributed by atoms with E-state index in [0.717, 1.165) is 84.3 Å². The summed E-state index contributed by atoms with van der Waals surface area (Å²) in [6.07, 6.45) is 14.8. The smallest absolute Gasteiger partial charge is 0.311 e. The molecule has 137 heavy (non-hydrogen) atoms. The molecule has 8 N–H and O–H groups in total. The number of aromatic nitrogens is 8. The third-order valence-electron chi connectivity index (χ3n) is 25.0. The summed E-state index contributed by atoms with van der Waals surface area (Å²) in [5.41, 5.74) is 7.54. The van der Waals surface area contributed by atoms with Gasteiger partial charge < -0.3 is 19.9 Å². The van der Waals surface area contributed by atoms with Crippen molar-refractivity contribution in [3.05, 3.63) is 413 Å². The summed E-state index contributed by atoms with van der Waals surface area (Å²) in [6.45, 7) is 4.54. The largest absolute Gasteiger partial charge is 0.325 e. The molecule has 26 nitrogen and oxygen atoms in total. The minimum Gasteiger partial charge on any atom is -0.311 e. The quantitative estimate of drug-likeness (QED) is 0.0261. The second kappa shape index (κ2) is 43.6. The number of hydrogen-bond donors (Lipinski definition) is 8. The first-order chi connectivity index (χ1) is 65.1. The van der Waals surface area contributed by atoms with Crippen molar-refractivity contribution in [3.8, 4) is 0 Å². The molecule has 36 heteroatoms. The van der Waals surface area contributed by atoms with Gasteiger partial charge in [0.2, 0.25) is 20.0 Å². The zero-order valence-corrected chi connectivity index (χ0v) is 79.9. The molecule has 12 aromatic rings. The molecule has 4 heterocycles. The number of nitrogens with one attached hydrogen (secondary N) is 8. The Morgan fingerprint density at radius 3 is 0.898 bits per heavy atom. The van der Waals surface area contributed by atoms with Crippen LogP contribution in [-0.4, -0.2) is 121 Å². The third-order valence-corrected chi connectivity index (χ3v) is 32.7. The molecule has 4 aromatic heterocycles. The van der Waals surface area contributed by atoms with Crippen LogP contribution in [0.3, 0.4) is 0 Å². The monoisotopic (exact) mass is 1970 g/mol. The minimum absolute atomic E-state index is 0.00960. The van der Waals surface area contributed by atoms with Gasteiger partial charge in [-0.15, -0.1) is 0 Å². The Kier molecular flexibility index (Phi) is 32.3. The second-order valence-corrected chi connectivity index (χ2v) is 44.0. The van der Waals surface area contributed by atoms with E-state index in [2.05, 4.69) is 45.9 Å². The Morgan fingerprint density at radius 1 is 0.343 bits per heavy atom. The first-order valence-electron chi connectivity index (χ1n) is 44.3. The van der Waals surface area contributed by atoms with Crippen molar-refractivity contribution in [3.63, 3.8) is 0 Å². The summed E-state index contributed by atoms with van der Waals surface area (Å²) >= 11 is 6.47. The van der Waals surface area contributed by atoms with Gasteiger partial charge in [0.25, 0.3) is 22.2 Å². The molecule has 16 rings (SSSR count). The molecule has 8 aromatic carbocycles. The van der Waals surface area contributed by atoms with Gasteiger partial charge in [-0.3, -0.25) is 39.1 Å². The van der Waals surface area contributed by atoms with Crippen molar-refractivity contribution in [2.24, 2.45) is 0 Å². The number of hydrogen-bond acceptors (Lipinski definition) is 16. The van der Waals surface area contributed by atoms with Crippen LogP contribution in [0, 0.1) is 29.1 Å². The minimum atomic E-state index is -3.99. The summed E-state index contributed by atoms with van der Waals surface area (Å²) in [4.78, 5) is 118. The maximum Gasteiger partial charge on any atom is 0.325 e. The molecule has 4 aliphatic rings. The molecule has 0 saturated heterocycles. The zero-order chi connectivity index (χ0) is 98.7. The summed E-state index contributed by atoms with van der Waals surface area (Å²) in [7, 11) is -9.32. The predicted octanol–water partition coefficient (Wildman–Crippen LogP) is 15.8. The SMILES string of the molecule is CC(C)S(=O)(=O)c1ccc(C2=CCC(c3[nH]c(=O)[nH]c(=O)c3Cc3ccccc3)CC2)c(F)c1.CCS(=O)(=O)c1cc(F)c(C2=CCC(c3[nH]c(=O)[nH]c(=O)c3Cc3ccccc3)CC2)c(F)c1.CN(C)S(=O)(=O)c1cc(F)c(C2=CCC(c3[nH]c(=O)[nH]c(=O)c3Cc3ccccc3)CC2)c(F)c1.CN(C)S(=O)(=O)c1ccc(C2=CCC(c3[nH]c(=O)[nH]c(=O)c3Cc3ccccc3)CC2)c(Cl)c1. The average molecular weight is 1970 g/mol. The topological polar surface area (TPSA) is 406 Å². The molecule has 0 spiro atoms. The highest BCUT2D eigenvalue weighted by Crippen LogP contribution is 2.44. The molecular weight excluding hydrogens is 1870 g/mol. The van der Waals surface area contributed by atoms with Crippen molar-refractivity contribution in [2.45, 2.75) is 172 Å². The summed E-state index contributed by atoms with van der Waals surface area (Å²) in [5.74, 6) is -5.09. The number of allylic oxidation sites excluding steroid dienone is 8. The molecular formula is C101H102ClF5N10O16S4. The highest BCUT2D eigenvalue weighted by atomic mass is 35.5. The fourth-order valence-electron chi connectivity index (χ4n) is 17.5. The number of sulfone groups is 2. The lowest BCUT2D eigenvalue weighted by Crippen LogP contribution is -2.30. The van der Waals surface area contributed by atoms with Gasteiger partial charge in [0.05, 0.1) is 30.6 Å². The van der Waals surface area contributed by atoms with Gasteiger partial charge in [-0.1, -0.05) is 176 Å². The Bertz CT molecular complexity index is 7440. The van der Waals surface area contributed by atoms with Crippen molar-refractivity contribution in [1.82, 2.24) is 48.5 Å². The van der Waals surface area contributed by atoms with Gasteiger partial charge >= 0.3 is 22.8 Å². The Hall–Kier alpha value is -12.9. The van der Waals surface area contributed by atoms with E-state index in [9.17, 15) is 94.0 Å². The lowest BCUT2D eigenvalue weighted by Gasteiger charge is -2.24. The van der Waals surface area contributed by atoms with Crippen LogP contribution in [0.1, 0.15) is 211 Å². The van der Waals surface area contributed by atoms with Crippen LogP contribution in [0.5, 0.6) is 0 Å². The van der Waals surface area contributed by atoms with E-state index < -0.39 is 118 Å². The number of rotatable bonds is 24. The standard InChI is InChI=1S/C26H27FN2O4S.C25H26ClN3O4S.C25H25F2N3O4S.C25H24F2N2O4S/c1-16(2)34(32,33)20-12-13-21(23(27)15-20)18-8-10-19(11-9-18)24-22(25(30)29-26(31)28-24)14-17-6-4-3-5-7-17;1-29(2)34(32,33)19-12-13-20(22(26)15-19)17-8-10-18(11-9-17)23-21(24(30)28-25(31)27-23)14-16-6-4-3-5-7-16;1-30(2)35(33,34)18-13-20(26)22(21(27)14-18)16-8-10-17(11-9-16)23-19(24(31)29-25(32)28-23)12-15-6-4-3-5-7-15;1-2-34(32,33)18-13-20(26)22(21(27)14-18)16-8-10-17(11-9-16)23-19(24(30)29-25(31)28-23)12-15-6-4-3-5-7-15/h3-8,12-13,15-16,19H,9-11,14H2,1-2H3,(H2,28,29,30,31);3-8,12-13,15,18H,9-11,14H2,1-2H3,(H2,27,28,30,31);3-8,13-14,17H,9-12H2,1-2H3,(H2,28,29,31,32);3-8,13-14,17H,2,9-12H2,1H3,(H2,28,29,30,31). The average Bonchev–Trinajstić information content (AvgIpc) is 0.784. The number of benzene rings is 8. The maximum atomic E-state index is 14.9. The lowest BCUT2D eigenvalue weighted by molar-refractivity contribution is 0.514. The van der Waals surface area contributed by atoms with Gasteiger partial charge in [-0.25, -0.2) is 83.4 Å². The second-order valence-electron chi connectivity index (χ2n) is 34.5. The maximum absolute atomic E-state index is 14.9. The van der Waals surface area contributed by atoms with Gasteiger partial charge in [0.1, 0.15) is 29.1 Å². The molecule has 0 amide bonds. The van der Waals surface area contributed by atoms with Crippen molar-refractivity contribution in [1.29, 1.82) is 0 Å². The molecule has 4 atom stereocenters. The third kappa shape index (κ3) is 24.0. The first-order valence-corrected chi connectivity index (χ1v) is 50.8. The van der Waals surface area contributed by atoms with E-state index in [-0.39, 0.29) is 67.2 Å². The van der Waals surface area contributed by atoms with E-state index in [1.807, 2.05) is 127 Å². The van der Waals surface area contributed by atoms with Crippen LogP contribution in [0.2, 0.25) is 5.02 Å².